The summed E-state index contributed by atoms with van der Waals surface area (Å²) in [6.07, 6.45) is 10.3. The third kappa shape index (κ3) is 3.49. The number of hydrogen-bond acceptors (Lipinski definition) is 4. The molecule has 0 spiro atoms. The van der Waals surface area contributed by atoms with Crippen LogP contribution in [0.5, 0.6) is 0 Å². The number of likely N-dealkylation sites (tertiary alicyclic amines) is 1. The van der Waals surface area contributed by atoms with Crippen molar-refractivity contribution in [1.29, 1.82) is 0 Å². The summed E-state index contributed by atoms with van der Waals surface area (Å²) in [5.41, 5.74) is 1.14. The Labute approximate surface area is 142 Å². The molecule has 0 bridgehead atoms. The van der Waals surface area contributed by atoms with E-state index in [1.807, 2.05) is 28.9 Å². The molecule has 7 nitrogen and oxygen atoms in total. The predicted molar refractivity (Wildman–Crippen MR) is 90.2 cm³/mol. The molecule has 1 aliphatic rings. The van der Waals surface area contributed by atoms with E-state index < -0.39 is 0 Å². The van der Waals surface area contributed by atoms with Crippen LogP contribution in [0.15, 0.2) is 25.0 Å². The number of aromatic nitrogens is 5. The zero-order valence-electron chi connectivity index (χ0n) is 14.7. The van der Waals surface area contributed by atoms with Crippen molar-refractivity contribution in [2.75, 3.05) is 6.54 Å². The topological polar surface area (TPSA) is 68.8 Å². The largest absolute Gasteiger partial charge is 0.336 e. The molecule has 1 saturated heterocycles. The molecule has 3 rings (SSSR count). The molecule has 130 valence electrons. The van der Waals surface area contributed by atoms with Crippen LogP contribution in [0.4, 0.5) is 0 Å². The van der Waals surface area contributed by atoms with Crippen molar-refractivity contribution in [3.05, 3.63) is 30.6 Å². The van der Waals surface area contributed by atoms with E-state index in [1.54, 1.807) is 11.0 Å². The van der Waals surface area contributed by atoms with Crippen LogP contribution in [0.1, 0.15) is 44.7 Å². The molecule has 3 heterocycles. The number of piperidine rings is 1. The molecule has 2 unspecified atom stereocenters. The second-order valence-corrected chi connectivity index (χ2v) is 6.99. The maximum atomic E-state index is 13.3. The minimum absolute atomic E-state index is 0.143. The second kappa shape index (κ2) is 7.15. The Bertz CT molecular complexity index is 662. The lowest BCUT2D eigenvalue weighted by Gasteiger charge is -2.38. The van der Waals surface area contributed by atoms with Gasteiger partial charge in [0.2, 0.25) is 5.91 Å². The van der Waals surface area contributed by atoms with E-state index in [2.05, 4.69) is 29.0 Å². The summed E-state index contributed by atoms with van der Waals surface area (Å²) in [4.78, 5) is 19.3. The lowest BCUT2D eigenvalue weighted by atomic mass is 9.97. The van der Waals surface area contributed by atoms with Gasteiger partial charge in [0.05, 0.1) is 18.8 Å². The summed E-state index contributed by atoms with van der Waals surface area (Å²) >= 11 is 0. The first kappa shape index (κ1) is 16.7. The third-order valence-corrected chi connectivity index (χ3v) is 4.68. The van der Waals surface area contributed by atoms with E-state index in [0.29, 0.717) is 0 Å². The Hall–Kier alpha value is -2.18. The highest BCUT2D eigenvalue weighted by Crippen LogP contribution is 2.26. The molecular formula is C17H26N6O. The minimum atomic E-state index is -0.299. The molecular weight excluding hydrogens is 304 g/mol. The minimum Gasteiger partial charge on any atom is -0.336 e. The first-order valence-electron chi connectivity index (χ1n) is 8.70. The number of nitrogens with zero attached hydrogens (tertiary/aromatic N) is 6. The number of amides is 1. The third-order valence-electron chi connectivity index (χ3n) is 4.68. The van der Waals surface area contributed by atoms with Gasteiger partial charge < -0.3 is 4.90 Å². The van der Waals surface area contributed by atoms with Crippen molar-refractivity contribution in [2.24, 2.45) is 5.92 Å². The summed E-state index contributed by atoms with van der Waals surface area (Å²) in [5, 5.41) is 8.59. The van der Waals surface area contributed by atoms with Crippen molar-refractivity contribution >= 4 is 5.91 Å². The van der Waals surface area contributed by atoms with Crippen LogP contribution in [0.3, 0.4) is 0 Å². The predicted octanol–water partition coefficient (Wildman–Crippen LogP) is 2.06. The molecule has 0 N–H and O–H groups in total. The standard InChI is InChI=1S/C17H26N6O/c1-13(2)16(23-12-18-11-20-23)17(24)22-7-5-4-6-15(22)10-21-9-14(3)8-19-21/h8-9,11-13,15-16H,4-7,10H2,1-3H3. The van der Waals surface area contributed by atoms with Crippen LogP contribution < -0.4 is 0 Å². The van der Waals surface area contributed by atoms with Crippen molar-refractivity contribution in [1.82, 2.24) is 29.4 Å². The van der Waals surface area contributed by atoms with E-state index >= 15 is 0 Å². The van der Waals surface area contributed by atoms with Crippen LogP contribution in [-0.4, -0.2) is 47.9 Å². The molecule has 1 fully saturated rings. The van der Waals surface area contributed by atoms with Crippen molar-refractivity contribution in [3.8, 4) is 0 Å². The Morgan fingerprint density at radius 2 is 2.17 bits per heavy atom. The maximum Gasteiger partial charge on any atom is 0.248 e. The lowest BCUT2D eigenvalue weighted by Crippen LogP contribution is -2.49. The molecule has 2 atom stereocenters. The number of rotatable bonds is 5. The maximum absolute atomic E-state index is 13.3. The highest BCUT2D eigenvalue weighted by molar-refractivity contribution is 5.81. The normalized spacial score (nSPS) is 19.7. The summed E-state index contributed by atoms with van der Waals surface area (Å²) in [7, 11) is 0. The van der Waals surface area contributed by atoms with Gasteiger partial charge in [0.15, 0.2) is 0 Å². The first-order chi connectivity index (χ1) is 11.6. The van der Waals surface area contributed by atoms with Gasteiger partial charge in [-0.05, 0) is 37.7 Å². The quantitative estimate of drug-likeness (QED) is 0.841. The SMILES string of the molecule is Cc1cnn(CC2CCCCN2C(=O)C(C(C)C)n2cncn2)c1. The molecule has 7 heteroatoms. The van der Waals surface area contributed by atoms with Crippen molar-refractivity contribution < 1.29 is 4.79 Å². The average Bonchev–Trinajstić information content (AvgIpc) is 3.20. The zero-order valence-corrected chi connectivity index (χ0v) is 14.7. The van der Waals surface area contributed by atoms with Gasteiger partial charge in [0, 0.05) is 12.7 Å². The fourth-order valence-corrected chi connectivity index (χ4v) is 3.50. The van der Waals surface area contributed by atoms with Gasteiger partial charge in [0.25, 0.3) is 0 Å². The van der Waals surface area contributed by atoms with Gasteiger partial charge in [-0.25, -0.2) is 9.67 Å². The second-order valence-electron chi connectivity index (χ2n) is 6.99. The van der Waals surface area contributed by atoms with Gasteiger partial charge >= 0.3 is 0 Å². The molecule has 1 amide bonds. The zero-order chi connectivity index (χ0) is 17.1. The molecule has 24 heavy (non-hydrogen) atoms. The van der Waals surface area contributed by atoms with Gasteiger partial charge in [-0.15, -0.1) is 0 Å². The Balaban J connectivity index is 1.79. The molecule has 2 aromatic heterocycles. The Morgan fingerprint density at radius 1 is 1.33 bits per heavy atom. The number of carbonyl (C=O) groups excluding carboxylic acids is 1. The monoisotopic (exact) mass is 330 g/mol. The molecule has 0 aromatic carbocycles. The van der Waals surface area contributed by atoms with Gasteiger partial charge in [-0.1, -0.05) is 13.8 Å². The van der Waals surface area contributed by atoms with Crippen molar-refractivity contribution in [2.45, 2.75) is 58.7 Å². The first-order valence-corrected chi connectivity index (χ1v) is 8.70. The summed E-state index contributed by atoms with van der Waals surface area (Å²) in [6, 6.07) is -0.109. The van der Waals surface area contributed by atoms with Gasteiger partial charge in [-0.2, -0.15) is 10.2 Å². The molecule has 0 radical (unpaired) electrons. The highest BCUT2D eigenvalue weighted by atomic mass is 16.2. The Morgan fingerprint density at radius 3 is 2.79 bits per heavy atom. The van der Waals surface area contributed by atoms with Crippen LogP contribution in [0.2, 0.25) is 0 Å². The summed E-state index contributed by atoms with van der Waals surface area (Å²) < 4.78 is 3.64. The number of hydrogen-bond donors (Lipinski definition) is 0. The van der Waals surface area contributed by atoms with E-state index in [4.69, 9.17) is 0 Å². The van der Waals surface area contributed by atoms with Crippen LogP contribution in [0, 0.1) is 12.8 Å². The van der Waals surface area contributed by atoms with Gasteiger partial charge in [0.1, 0.15) is 18.7 Å². The van der Waals surface area contributed by atoms with Crippen LogP contribution in [0.25, 0.3) is 0 Å². The molecule has 0 saturated carbocycles. The summed E-state index contributed by atoms with van der Waals surface area (Å²) in [6.45, 7) is 7.70. The number of carbonyl (C=O) groups is 1. The van der Waals surface area contributed by atoms with Crippen LogP contribution in [-0.2, 0) is 11.3 Å². The van der Waals surface area contributed by atoms with Crippen LogP contribution >= 0.6 is 0 Å². The van der Waals surface area contributed by atoms with Crippen molar-refractivity contribution in [3.63, 3.8) is 0 Å². The Kier molecular flexibility index (Phi) is 4.97. The van der Waals surface area contributed by atoms with E-state index in [-0.39, 0.29) is 23.9 Å². The lowest BCUT2D eigenvalue weighted by molar-refractivity contribution is -0.140. The molecule has 2 aromatic rings. The summed E-state index contributed by atoms with van der Waals surface area (Å²) in [5.74, 6) is 0.304. The fourth-order valence-electron chi connectivity index (χ4n) is 3.50. The molecule has 0 aliphatic carbocycles. The smallest absolute Gasteiger partial charge is 0.248 e. The number of aryl methyl sites for hydroxylation is 1. The van der Waals surface area contributed by atoms with E-state index in [1.165, 1.54) is 6.33 Å². The van der Waals surface area contributed by atoms with E-state index in [0.717, 1.165) is 37.9 Å². The fraction of sp³-hybridized carbons (Fsp3) is 0.647. The highest BCUT2D eigenvalue weighted by Gasteiger charge is 2.34. The molecule has 1 aliphatic heterocycles. The van der Waals surface area contributed by atoms with E-state index in [9.17, 15) is 4.79 Å². The van der Waals surface area contributed by atoms with Gasteiger partial charge in [-0.3, -0.25) is 9.48 Å². The average molecular weight is 330 g/mol.